The largest absolute Gasteiger partial charge is 0.327 e. The summed E-state index contributed by atoms with van der Waals surface area (Å²) in [7, 11) is 0. The molecule has 1 spiro atoms. The van der Waals surface area contributed by atoms with Crippen LogP contribution in [0.5, 0.6) is 0 Å². The Labute approximate surface area is 74.1 Å². The highest BCUT2D eigenvalue weighted by atomic mass is 16.3. The number of rotatable bonds is 3. The van der Waals surface area contributed by atoms with Gasteiger partial charge in [0.25, 0.3) is 0 Å². The summed E-state index contributed by atoms with van der Waals surface area (Å²) in [6.45, 7) is 0.00769. The van der Waals surface area contributed by atoms with Gasteiger partial charge >= 0.3 is 0 Å². The van der Waals surface area contributed by atoms with Crippen molar-refractivity contribution in [2.75, 3.05) is 6.61 Å². The molecule has 0 aromatic heterocycles. The van der Waals surface area contributed by atoms with Crippen LogP contribution in [0, 0.1) is 11.3 Å². The van der Waals surface area contributed by atoms with E-state index in [0.717, 1.165) is 0 Å². The summed E-state index contributed by atoms with van der Waals surface area (Å²) >= 11 is 0. The van der Waals surface area contributed by atoms with Gasteiger partial charge in [0.15, 0.2) is 0 Å². The fourth-order valence-electron chi connectivity index (χ4n) is 2.98. The van der Waals surface area contributed by atoms with Crippen molar-refractivity contribution in [3.8, 4) is 0 Å². The summed E-state index contributed by atoms with van der Waals surface area (Å²) in [6.07, 6.45) is 7.54. The Bertz CT molecular complexity index is 163. The molecule has 0 aromatic carbocycles. The molecule has 2 N–H and O–H groups in total. The standard InChI is InChI=1S/C10H18NO/c11-9(3-6-12)8-7-10(8)4-1-2-5-10/h8-9H,1-7,11H2. The first-order valence-electron chi connectivity index (χ1n) is 5.12. The lowest BCUT2D eigenvalue weighted by Crippen LogP contribution is -2.26. The minimum Gasteiger partial charge on any atom is -0.327 e. The maximum Gasteiger partial charge on any atom is 0.0837 e. The van der Waals surface area contributed by atoms with E-state index in [1.165, 1.54) is 32.1 Å². The minimum absolute atomic E-state index is 0.00769. The summed E-state index contributed by atoms with van der Waals surface area (Å²) in [5.41, 5.74) is 6.56. The van der Waals surface area contributed by atoms with Crippen molar-refractivity contribution in [1.82, 2.24) is 0 Å². The Morgan fingerprint density at radius 1 is 1.42 bits per heavy atom. The van der Waals surface area contributed by atoms with Crippen LogP contribution in [0.4, 0.5) is 0 Å². The van der Waals surface area contributed by atoms with Gasteiger partial charge in [-0.15, -0.1) is 0 Å². The fraction of sp³-hybridized carbons (Fsp3) is 1.00. The van der Waals surface area contributed by atoms with Crippen molar-refractivity contribution in [1.29, 1.82) is 0 Å². The van der Waals surface area contributed by atoms with Crippen LogP contribution in [0.1, 0.15) is 38.5 Å². The van der Waals surface area contributed by atoms with Crippen LogP contribution in [0.2, 0.25) is 0 Å². The lowest BCUT2D eigenvalue weighted by atomic mass is 9.97. The van der Waals surface area contributed by atoms with Crippen molar-refractivity contribution in [3.63, 3.8) is 0 Å². The first kappa shape index (κ1) is 8.52. The van der Waals surface area contributed by atoms with Gasteiger partial charge in [-0.1, -0.05) is 12.8 Å². The highest BCUT2D eigenvalue weighted by Crippen LogP contribution is 2.63. The average molecular weight is 168 g/mol. The van der Waals surface area contributed by atoms with Gasteiger partial charge in [0.2, 0.25) is 0 Å². The highest BCUT2D eigenvalue weighted by Gasteiger charge is 2.56. The van der Waals surface area contributed by atoms with E-state index in [2.05, 4.69) is 0 Å². The Morgan fingerprint density at radius 2 is 2.08 bits per heavy atom. The van der Waals surface area contributed by atoms with Crippen molar-refractivity contribution >= 4 is 0 Å². The molecule has 0 amide bonds. The van der Waals surface area contributed by atoms with E-state index < -0.39 is 0 Å². The molecule has 0 aromatic rings. The van der Waals surface area contributed by atoms with Crippen molar-refractivity contribution in [2.24, 2.45) is 17.1 Å². The Morgan fingerprint density at radius 3 is 2.67 bits per heavy atom. The smallest absolute Gasteiger partial charge is 0.0837 e. The summed E-state index contributed by atoms with van der Waals surface area (Å²) in [5, 5.41) is 10.4. The molecule has 2 fully saturated rings. The van der Waals surface area contributed by atoms with Gasteiger partial charge in [-0.25, -0.2) is 5.11 Å². The molecule has 2 atom stereocenters. The molecule has 2 saturated carbocycles. The molecular formula is C10H18NO. The lowest BCUT2D eigenvalue weighted by molar-refractivity contribution is 0.176. The van der Waals surface area contributed by atoms with E-state index in [-0.39, 0.29) is 12.6 Å². The average Bonchev–Trinajstić information content (AvgIpc) is 2.51. The molecule has 2 heteroatoms. The molecule has 2 rings (SSSR count). The van der Waals surface area contributed by atoms with E-state index in [1.807, 2.05) is 0 Å². The summed E-state index contributed by atoms with van der Waals surface area (Å²) in [6, 6.07) is 0.209. The van der Waals surface area contributed by atoms with Crippen molar-refractivity contribution < 1.29 is 5.11 Å². The summed E-state index contributed by atoms with van der Waals surface area (Å²) < 4.78 is 0. The maximum absolute atomic E-state index is 10.4. The molecule has 69 valence electrons. The van der Waals surface area contributed by atoms with Gasteiger partial charge in [0.05, 0.1) is 6.61 Å². The molecule has 2 nitrogen and oxygen atoms in total. The quantitative estimate of drug-likeness (QED) is 0.685. The number of nitrogens with two attached hydrogens (primary N) is 1. The molecule has 2 aliphatic carbocycles. The maximum atomic E-state index is 10.4. The second-order valence-electron chi connectivity index (χ2n) is 4.54. The molecule has 0 aliphatic heterocycles. The normalized spacial score (nSPS) is 34.0. The van der Waals surface area contributed by atoms with Crippen LogP contribution in [0.15, 0.2) is 0 Å². The molecular weight excluding hydrogens is 150 g/mol. The lowest BCUT2D eigenvalue weighted by Gasteiger charge is -2.13. The molecule has 0 saturated heterocycles. The zero-order valence-electron chi connectivity index (χ0n) is 7.59. The molecule has 1 radical (unpaired) electrons. The van der Waals surface area contributed by atoms with Crippen LogP contribution >= 0.6 is 0 Å². The monoisotopic (exact) mass is 168 g/mol. The van der Waals surface area contributed by atoms with Gasteiger partial charge in [0, 0.05) is 6.04 Å². The van der Waals surface area contributed by atoms with E-state index in [9.17, 15) is 5.11 Å². The highest BCUT2D eigenvalue weighted by molar-refractivity contribution is 5.08. The molecule has 0 bridgehead atoms. The van der Waals surface area contributed by atoms with Gasteiger partial charge < -0.3 is 5.73 Å². The van der Waals surface area contributed by atoms with Crippen LogP contribution in [0.25, 0.3) is 0 Å². The number of hydrogen-bond acceptors (Lipinski definition) is 1. The van der Waals surface area contributed by atoms with Crippen LogP contribution in [-0.2, 0) is 5.11 Å². The zero-order valence-corrected chi connectivity index (χ0v) is 7.59. The second kappa shape index (κ2) is 3.00. The predicted molar refractivity (Wildman–Crippen MR) is 47.2 cm³/mol. The Balaban J connectivity index is 1.85. The molecule has 2 unspecified atom stereocenters. The molecule has 2 aliphatic rings. The fourth-order valence-corrected chi connectivity index (χ4v) is 2.98. The summed E-state index contributed by atoms with van der Waals surface area (Å²) in [5.74, 6) is 0.703. The molecule has 0 heterocycles. The van der Waals surface area contributed by atoms with E-state index >= 15 is 0 Å². The first-order chi connectivity index (χ1) is 5.78. The SMILES string of the molecule is NC(CC[O])C1CC12CCCC2. The predicted octanol–water partition coefficient (Wildman–Crippen LogP) is 1.71. The van der Waals surface area contributed by atoms with Crippen molar-refractivity contribution in [3.05, 3.63) is 0 Å². The van der Waals surface area contributed by atoms with Gasteiger partial charge in [0.1, 0.15) is 0 Å². The Hall–Kier alpha value is -0.0800. The topological polar surface area (TPSA) is 45.9 Å². The van der Waals surface area contributed by atoms with Gasteiger partial charge in [-0.3, -0.25) is 0 Å². The first-order valence-corrected chi connectivity index (χ1v) is 5.12. The summed E-state index contributed by atoms with van der Waals surface area (Å²) in [4.78, 5) is 0. The third-order valence-electron chi connectivity index (χ3n) is 3.82. The third-order valence-corrected chi connectivity index (χ3v) is 3.82. The second-order valence-corrected chi connectivity index (χ2v) is 4.54. The third kappa shape index (κ3) is 1.27. The zero-order chi connectivity index (χ0) is 8.60. The van der Waals surface area contributed by atoms with Crippen molar-refractivity contribution in [2.45, 2.75) is 44.6 Å². The van der Waals surface area contributed by atoms with E-state index in [0.29, 0.717) is 17.8 Å². The van der Waals surface area contributed by atoms with E-state index in [4.69, 9.17) is 5.73 Å². The number of hydrogen-bond donors (Lipinski definition) is 1. The van der Waals surface area contributed by atoms with E-state index in [1.54, 1.807) is 0 Å². The van der Waals surface area contributed by atoms with Crippen LogP contribution in [0.3, 0.4) is 0 Å². The Kier molecular flexibility index (Phi) is 2.13. The van der Waals surface area contributed by atoms with Gasteiger partial charge in [-0.05, 0) is 37.0 Å². The minimum atomic E-state index is 0.00769. The van der Waals surface area contributed by atoms with Crippen LogP contribution < -0.4 is 5.73 Å². The van der Waals surface area contributed by atoms with Crippen LogP contribution in [-0.4, -0.2) is 12.6 Å². The van der Waals surface area contributed by atoms with Gasteiger partial charge in [-0.2, -0.15) is 0 Å². The molecule has 12 heavy (non-hydrogen) atoms.